The molecule has 3 rings (SSSR count). The monoisotopic (exact) mass is 421 g/mol. The van der Waals surface area contributed by atoms with Crippen LogP contribution in [0.5, 0.6) is 0 Å². The molecular formula is C21H35N5O2S. The molecule has 0 spiro atoms. The highest BCUT2D eigenvalue weighted by molar-refractivity contribution is 7.10. The number of carbonyl (C=O) groups is 1. The Morgan fingerprint density at radius 3 is 2.86 bits per heavy atom. The highest BCUT2D eigenvalue weighted by Gasteiger charge is 2.33. The van der Waals surface area contributed by atoms with Gasteiger partial charge in [-0.2, -0.15) is 0 Å². The number of nitrogens with zero attached hydrogens (tertiary/aromatic N) is 2. The average Bonchev–Trinajstić information content (AvgIpc) is 3.42. The summed E-state index contributed by atoms with van der Waals surface area (Å²) >= 11 is 1.84. The number of alkyl carbamates (subject to hydrolysis) is 1. The highest BCUT2D eigenvalue weighted by atomic mass is 32.1. The quantitative estimate of drug-likeness (QED) is 0.444. The summed E-state index contributed by atoms with van der Waals surface area (Å²) in [6, 6.07) is 4.92. The zero-order chi connectivity index (χ0) is 20.6. The number of ether oxygens (including phenoxy) is 1. The van der Waals surface area contributed by atoms with Crippen LogP contribution in [0.25, 0.3) is 0 Å². The van der Waals surface area contributed by atoms with E-state index >= 15 is 0 Å². The van der Waals surface area contributed by atoms with Gasteiger partial charge >= 0.3 is 6.09 Å². The fraction of sp³-hybridized carbons (Fsp3) is 0.714. The van der Waals surface area contributed by atoms with E-state index in [1.165, 1.54) is 17.7 Å². The molecule has 1 amide bonds. The summed E-state index contributed by atoms with van der Waals surface area (Å²) in [6.45, 7) is 4.89. The predicted octanol–water partition coefficient (Wildman–Crippen LogP) is 2.82. The first-order valence-corrected chi connectivity index (χ1v) is 11.6. The summed E-state index contributed by atoms with van der Waals surface area (Å²) in [5.74, 6) is 1.86. The third-order valence-corrected chi connectivity index (χ3v) is 6.80. The van der Waals surface area contributed by atoms with Crippen LogP contribution in [-0.2, 0) is 4.74 Å². The van der Waals surface area contributed by atoms with Crippen molar-refractivity contribution < 1.29 is 9.53 Å². The molecule has 1 aromatic heterocycles. The molecule has 0 bridgehead atoms. The molecule has 8 heteroatoms. The molecule has 29 heavy (non-hydrogen) atoms. The number of nitrogens with one attached hydrogen (secondary N) is 3. The van der Waals surface area contributed by atoms with Gasteiger partial charge in [0.2, 0.25) is 0 Å². The molecule has 0 aromatic carbocycles. The van der Waals surface area contributed by atoms with Crippen LogP contribution < -0.4 is 16.0 Å². The van der Waals surface area contributed by atoms with Crippen LogP contribution in [0, 0.1) is 11.8 Å². The topological polar surface area (TPSA) is 78.0 Å². The number of thiophene rings is 1. The second kappa shape index (κ2) is 10.8. The Kier molecular flexibility index (Phi) is 8.18. The molecule has 2 fully saturated rings. The Morgan fingerprint density at radius 2 is 2.21 bits per heavy atom. The maximum absolute atomic E-state index is 11.8. The van der Waals surface area contributed by atoms with Gasteiger partial charge in [0.15, 0.2) is 5.96 Å². The van der Waals surface area contributed by atoms with Crippen molar-refractivity contribution in [3.8, 4) is 0 Å². The molecule has 1 saturated heterocycles. The summed E-state index contributed by atoms with van der Waals surface area (Å²) < 4.78 is 5.04. The lowest BCUT2D eigenvalue weighted by molar-refractivity contribution is 0.125. The van der Waals surface area contributed by atoms with Crippen LogP contribution in [-0.4, -0.2) is 63.3 Å². The van der Waals surface area contributed by atoms with Gasteiger partial charge in [-0.1, -0.05) is 6.07 Å². The zero-order valence-electron chi connectivity index (χ0n) is 17.8. The second-order valence-electron chi connectivity index (χ2n) is 7.99. The van der Waals surface area contributed by atoms with Crippen molar-refractivity contribution in [3.05, 3.63) is 22.4 Å². The van der Waals surface area contributed by atoms with Crippen molar-refractivity contribution in [1.82, 2.24) is 20.9 Å². The molecule has 162 valence electrons. The van der Waals surface area contributed by atoms with E-state index in [4.69, 9.17) is 4.74 Å². The summed E-state index contributed by atoms with van der Waals surface area (Å²) in [6.07, 6.45) is 4.41. The van der Waals surface area contributed by atoms with E-state index in [1.54, 1.807) is 7.05 Å². The number of amides is 1. The maximum atomic E-state index is 11.8. The predicted molar refractivity (Wildman–Crippen MR) is 118 cm³/mol. The van der Waals surface area contributed by atoms with Gasteiger partial charge in [-0.15, -0.1) is 11.3 Å². The van der Waals surface area contributed by atoms with Gasteiger partial charge in [0.25, 0.3) is 0 Å². The Morgan fingerprint density at radius 1 is 1.38 bits per heavy atom. The number of guanidine groups is 1. The van der Waals surface area contributed by atoms with Crippen molar-refractivity contribution >= 4 is 23.4 Å². The molecule has 1 aromatic rings. The molecule has 1 saturated carbocycles. The lowest BCUT2D eigenvalue weighted by atomic mass is 9.88. The van der Waals surface area contributed by atoms with E-state index in [-0.39, 0.29) is 12.1 Å². The van der Waals surface area contributed by atoms with E-state index in [9.17, 15) is 4.79 Å². The first kappa shape index (κ1) is 21.9. The largest absolute Gasteiger partial charge is 0.450 e. The van der Waals surface area contributed by atoms with Gasteiger partial charge in [0, 0.05) is 31.1 Å². The molecule has 1 aliphatic carbocycles. The van der Waals surface area contributed by atoms with Crippen LogP contribution in [0.15, 0.2) is 22.5 Å². The highest BCUT2D eigenvalue weighted by Crippen LogP contribution is 2.36. The van der Waals surface area contributed by atoms with Crippen molar-refractivity contribution in [2.24, 2.45) is 16.8 Å². The number of piperidine rings is 1. The number of hydrogen-bond donors (Lipinski definition) is 3. The van der Waals surface area contributed by atoms with E-state index in [0.717, 1.165) is 31.9 Å². The Balaban J connectivity index is 1.51. The van der Waals surface area contributed by atoms with Gasteiger partial charge in [0.05, 0.1) is 12.6 Å². The molecular weight excluding hydrogens is 386 g/mol. The van der Waals surface area contributed by atoms with Crippen molar-refractivity contribution in [2.75, 3.05) is 40.3 Å². The van der Waals surface area contributed by atoms with Crippen LogP contribution in [0.1, 0.15) is 43.5 Å². The normalized spacial score (nSPS) is 24.0. The third kappa shape index (κ3) is 6.34. The van der Waals surface area contributed by atoms with Crippen molar-refractivity contribution in [2.45, 2.75) is 44.7 Å². The van der Waals surface area contributed by atoms with Gasteiger partial charge in [0.1, 0.15) is 0 Å². The minimum atomic E-state index is -0.335. The fourth-order valence-electron chi connectivity index (χ4n) is 4.20. The zero-order valence-corrected chi connectivity index (χ0v) is 18.6. The molecule has 3 atom stereocenters. The number of rotatable bonds is 8. The van der Waals surface area contributed by atoms with Gasteiger partial charge < -0.3 is 20.7 Å². The summed E-state index contributed by atoms with van der Waals surface area (Å²) in [7, 11) is 4.02. The number of likely N-dealkylation sites (tertiary alicyclic amines) is 1. The van der Waals surface area contributed by atoms with Gasteiger partial charge in [-0.3, -0.25) is 9.89 Å². The standard InChI is InChI=1S/C21H35N5O2S/c1-4-28-21(27)25-17(15-9-10-15)14-24-20(22-2)23-13-16-7-5-11-26(3)19(16)18-8-6-12-29-18/h6,8,12,15-17,19H,4-5,7,9-11,13-14H2,1-3H3,(H,25,27)(H2,22,23,24). The van der Waals surface area contributed by atoms with Crippen LogP contribution in [0.2, 0.25) is 0 Å². The number of aliphatic imine (C=N–C) groups is 1. The third-order valence-electron chi connectivity index (χ3n) is 5.86. The lowest BCUT2D eigenvalue weighted by Gasteiger charge is -2.39. The van der Waals surface area contributed by atoms with Crippen LogP contribution in [0.4, 0.5) is 4.79 Å². The summed E-state index contributed by atoms with van der Waals surface area (Å²) in [5.41, 5.74) is 0. The SMILES string of the molecule is CCOC(=O)NC(CNC(=NC)NCC1CCCN(C)C1c1cccs1)C1CC1. The smallest absolute Gasteiger partial charge is 0.407 e. The van der Waals surface area contributed by atoms with Crippen LogP contribution >= 0.6 is 11.3 Å². The summed E-state index contributed by atoms with van der Waals surface area (Å²) in [5, 5.41) is 12.1. The molecule has 3 unspecified atom stereocenters. The van der Waals surface area contributed by atoms with Crippen LogP contribution in [0.3, 0.4) is 0 Å². The minimum absolute atomic E-state index is 0.0762. The molecule has 1 aliphatic heterocycles. The first-order valence-electron chi connectivity index (χ1n) is 10.7. The molecule has 2 aliphatic rings. The molecule has 3 N–H and O–H groups in total. The molecule has 7 nitrogen and oxygen atoms in total. The maximum Gasteiger partial charge on any atom is 0.407 e. The summed E-state index contributed by atoms with van der Waals surface area (Å²) in [4.78, 5) is 20.1. The number of hydrogen-bond acceptors (Lipinski definition) is 5. The number of carbonyl (C=O) groups excluding carboxylic acids is 1. The second-order valence-corrected chi connectivity index (χ2v) is 8.97. The molecule has 2 heterocycles. The van der Waals surface area contributed by atoms with E-state index in [2.05, 4.69) is 50.4 Å². The Hall–Kier alpha value is -1.80. The van der Waals surface area contributed by atoms with Crippen molar-refractivity contribution in [1.29, 1.82) is 0 Å². The van der Waals surface area contributed by atoms with Gasteiger partial charge in [-0.25, -0.2) is 4.79 Å². The fourth-order valence-corrected chi connectivity index (χ4v) is 5.18. The average molecular weight is 422 g/mol. The van der Waals surface area contributed by atoms with E-state index < -0.39 is 0 Å². The first-order chi connectivity index (χ1) is 14.1. The Labute approximate surface area is 178 Å². The van der Waals surface area contributed by atoms with Gasteiger partial charge in [-0.05, 0) is 69.5 Å². The van der Waals surface area contributed by atoms with Crippen molar-refractivity contribution in [3.63, 3.8) is 0 Å². The van der Waals surface area contributed by atoms with E-state index in [1.807, 2.05) is 18.3 Å². The lowest BCUT2D eigenvalue weighted by Crippen LogP contribution is -2.49. The Bertz CT molecular complexity index is 662. The van der Waals surface area contributed by atoms with E-state index in [0.29, 0.717) is 31.0 Å². The molecule has 0 radical (unpaired) electrons. The minimum Gasteiger partial charge on any atom is -0.450 e.